The molecule has 0 unspecified atom stereocenters. The van der Waals surface area contributed by atoms with Crippen molar-refractivity contribution in [3.05, 3.63) is 53.1 Å². The number of anilines is 1. The van der Waals surface area contributed by atoms with Crippen LogP contribution in [0.3, 0.4) is 0 Å². The molecule has 2 N–H and O–H groups in total. The fourth-order valence-corrected chi connectivity index (χ4v) is 3.34. The summed E-state index contributed by atoms with van der Waals surface area (Å²) in [4.78, 5) is 11.9. The summed E-state index contributed by atoms with van der Waals surface area (Å²) in [5.41, 5.74) is 2.25. The van der Waals surface area contributed by atoms with E-state index in [1.165, 1.54) is 26.3 Å². The van der Waals surface area contributed by atoms with Gasteiger partial charge >= 0.3 is 0 Å². The summed E-state index contributed by atoms with van der Waals surface area (Å²) in [6.07, 6.45) is 0. The van der Waals surface area contributed by atoms with E-state index in [1.807, 2.05) is 13.0 Å². The van der Waals surface area contributed by atoms with Crippen molar-refractivity contribution in [2.45, 2.75) is 18.7 Å². The van der Waals surface area contributed by atoms with E-state index in [4.69, 9.17) is 4.74 Å². The van der Waals surface area contributed by atoms with Crippen molar-refractivity contribution in [2.24, 2.45) is 0 Å². The number of nitrogens with one attached hydrogen (secondary N) is 2. The van der Waals surface area contributed by atoms with E-state index in [9.17, 15) is 13.2 Å². The molecule has 0 bridgehead atoms. The Labute approximate surface area is 141 Å². The number of hydrogen-bond acceptors (Lipinski definition) is 4. The van der Waals surface area contributed by atoms with E-state index in [0.29, 0.717) is 22.6 Å². The highest BCUT2D eigenvalue weighted by molar-refractivity contribution is 7.92. The number of methoxy groups -OCH3 is 1. The molecule has 0 heterocycles. The predicted octanol–water partition coefficient (Wildman–Crippen LogP) is 2.47. The first kappa shape index (κ1) is 17.8. The highest BCUT2D eigenvalue weighted by atomic mass is 32.2. The van der Waals surface area contributed by atoms with Gasteiger partial charge < -0.3 is 10.1 Å². The highest BCUT2D eigenvalue weighted by Gasteiger charge is 2.19. The van der Waals surface area contributed by atoms with Crippen molar-refractivity contribution in [3.8, 4) is 5.75 Å². The molecular formula is C17H20N2O4S. The molecule has 6 nitrogen and oxygen atoms in total. The molecule has 2 aromatic rings. The van der Waals surface area contributed by atoms with E-state index in [-0.39, 0.29) is 10.8 Å². The second-order valence-electron chi connectivity index (χ2n) is 5.37. The lowest BCUT2D eigenvalue weighted by atomic mass is 10.1. The van der Waals surface area contributed by atoms with Crippen LogP contribution in [0.4, 0.5) is 5.69 Å². The van der Waals surface area contributed by atoms with Gasteiger partial charge in [-0.3, -0.25) is 9.52 Å². The molecule has 7 heteroatoms. The van der Waals surface area contributed by atoms with E-state index >= 15 is 0 Å². The summed E-state index contributed by atoms with van der Waals surface area (Å²) in [6, 6.07) is 9.63. The molecule has 0 aliphatic rings. The molecule has 0 aliphatic heterocycles. The standard InChI is InChI=1S/C17H20N2O4S/c1-11-5-8-16(23-4)15(9-11)19-24(21,22)13-7-6-12(2)14(10-13)17(20)18-3/h5-10,19H,1-4H3,(H,18,20). The van der Waals surface area contributed by atoms with E-state index in [2.05, 4.69) is 10.0 Å². The summed E-state index contributed by atoms with van der Waals surface area (Å²) in [5, 5.41) is 2.50. The maximum Gasteiger partial charge on any atom is 0.262 e. The molecule has 0 radical (unpaired) electrons. The summed E-state index contributed by atoms with van der Waals surface area (Å²) in [6.45, 7) is 3.60. The van der Waals surface area contributed by atoms with Gasteiger partial charge in [0.05, 0.1) is 17.7 Å². The van der Waals surface area contributed by atoms with Gasteiger partial charge in [0, 0.05) is 12.6 Å². The average Bonchev–Trinajstić information content (AvgIpc) is 2.54. The third-order valence-corrected chi connectivity index (χ3v) is 4.95. The number of carbonyl (C=O) groups excluding carboxylic acids is 1. The number of amides is 1. The van der Waals surface area contributed by atoms with Crippen LogP contribution in [0.25, 0.3) is 0 Å². The van der Waals surface area contributed by atoms with Crippen LogP contribution in [0.15, 0.2) is 41.3 Å². The molecule has 0 aromatic heterocycles. The molecule has 1 amide bonds. The molecule has 0 atom stereocenters. The van der Waals surface area contributed by atoms with Gasteiger partial charge in [0.25, 0.3) is 15.9 Å². The van der Waals surface area contributed by atoms with Crippen LogP contribution in [0.1, 0.15) is 21.5 Å². The van der Waals surface area contributed by atoms with Crippen molar-refractivity contribution in [1.82, 2.24) is 5.32 Å². The van der Waals surface area contributed by atoms with Crippen molar-refractivity contribution < 1.29 is 17.9 Å². The molecule has 24 heavy (non-hydrogen) atoms. The van der Waals surface area contributed by atoms with Crippen LogP contribution in [0.2, 0.25) is 0 Å². The fraction of sp³-hybridized carbons (Fsp3) is 0.235. The lowest BCUT2D eigenvalue weighted by molar-refractivity contribution is 0.0962. The van der Waals surface area contributed by atoms with Crippen LogP contribution in [0.5, 0.6) is 5.75 Å². The Kier molecular flexibility index (Phi) is 5.14. The Hall–Kier alpha value is -2.54. The molecule has 128 valence electrons. The number of carbonyl (C=O) groups is 1. The zero-order valence-electron chi connectivity index (χ0n) is 14.0. The number of rotatable bonds is 5. The largest absolute Gasteiger partial charge is 0.495 e. The van der Waals surface area contributed by atoms with Crippen LogP contribution >= 0.6 is 0 Å². The van der Waals surface area contributed by atoms with Gasteiger partial charge in [-0.15, -0.1) is 0 Å². The second kappa shape index (κ2) is 6.92. The molecule has 0 saturated carbocycles. The molecule has 0 aliphatic carbocycles. The fourth-order valence-electron chi connectivity index (χ4n) is 2.25. The summed E-state index contributed by atoms with van der Waals surface area (Å²) < 4.78 is 33.0. The van der Waals surface area contributed by atoms with Crippen molar-refractivity contribution in [2.75, 3.05) is 18.9 Å². The number of ether oxygens (including phenoxy) is 1. The smallest absolute Gasteiger partial charge is 0.262 e. The van der Waals surface area contributed by atoms with Crippen molar-refractivity contribution >= 4 is 21.6 Å². The van der Waals surface area contributed by atoms with Gasteiger partial charge in [0.15, 0.2) is 0 Å². The number of benzene rings is 2. The van der Waals surface area contributed by atoms with Gasteiger partial charge in [-0.25, -0.2) is 8.42 Å². The Morgan fingerprint density at radius 1 is 1.08 bits per heavy atom. The first-order valence-electron chi connectivity index (χ1n) is 7.28. The lowest BCUT2D eigenvalue weighted by Crippen LogP contribution is -2.20. The third kappa shape index (κ3) is 3.68. The van der Waals surface area contributed by atoms with Gasteiger partial charge in [-0.05, 0) is 49.2 Å². The van der Waals surface area contributed by atoms with Crippen LogP contribution in [-0.2, 0) is 10.0 Å². The van der Waals surface area contributed by atoms with E-state index in [0.717, 1.165) is 5.56 Å². The first-order valence-corrected chi connectivity index (χ1v) is 8.77. The van der Waals surface area contributed by atoms with Gasteiger partial charge in [-0.1, -0.05) is 12.1 Å². The zero-order chi connectivity index (χ0) is 17.9. The van der Waals surface area contributed by atoms with Crippen LogP contribution in [0, 0.1) is 13.8 Å². The van der Waals surface area contributed by atoms with Gasteiger partial charge in [0.1, 0.15) is 5.75 Å². The molecule has 2 rings (SSSR count). The van der Waals surface area contributed by atoms with Crippen molar-refractivity contribution in [3.63, 3.8) is 0 Å². The van der Waals surface area contributed by atoms with E-state index < -0.39 is 10.0 Å². The molecule has 2 aromatic carbocycles. The molecular weight excluding hydrogens is 328 g/mol. The zero-order valence-corrected chi connectivity index (χ0v) is 14.8. The number of hydrogen-bond donors (Lipinski definition) is 2. The predicted molar refractivity (Wildman–Crippen MR) is 93.1 cm³/mol. The monoisotopic (exact) mass is 348 g/mol. The Morgan fingerprint density at radius 3 is 2.42 bits per heavy atom. The minimum atomic E-state index is -3.85. The minimum Gasteiger partial charge on any atom is -0.495 e. The van der Waals surface area contributed by atoms with Gasteiger partial charge in [0.2, 0.25) is 0 Å². The maximum absolute atomic E-state index is 12.7. The van der Waals surface area contributed by atoms with Gasteiger partial charge in [-0.2, -0.15) is 0 Å². The quantitative estimate of drug-likeness (QED) is 0.869. The average molecular weight is 348 g/mol. The number of sulfonamides is 1. The Morgan fingerprint density at radius 2 is 1.79 bits per heavy atom. The second-order valence-corrected chi connectivity index (χ2v) is 7.05. The SMILES string of the molecule is CNC(=O)c1cc(S(=O)(=O)Nc2cc(C)ccc2OC)ccc1C. The van der Waals surface area contributed by atoms with E-state index in [1.54, 1.807) is 25.1 Å². The molecule has 0 saturated heterocycles. The topological polar surface area (TPSA) is 84.5 Å². The lowest BCUT2D eigenvalue weighted by Gasteiger charge is -2.14. The van der Waals surface area contributed by atoms with Crippen LogP contribution < -0.4 is 14.8 Å². The Bertz CT molecular complexity index is 876. The third-order valence-electron chi connectivity index (χ3n) is 3.59. The summed E-state index contributed by atoms with van der Waals surface area (Å²) in [7, 11) is -0.885. The normalized spacial score (nSPS) is 11.0. The number of aryl methyl sites for hydroxylation is 2. The first-order chi connectivity index (χ1) is 11.3. The molecule has 0 spiro atoms. The maximum atomic E-state index is 12.7. The van der Waals surface area contributed by atoms with Crippen molar-refractivity contribution in [1.29, 1.82) is 0 Å². The molecule has 0 fully saturated rings. The highest BCUT2D eigenvalue weighted by Crippen LogP contribution is 2.28. The minimum absolute atomic E-state index is 0.00950. The van der Waals surface area contributed by atoms with Crippen LogP contribution in [-0.4, -0.2) is 28.5 Å². The Balaban J connectivity index is 2.45. The summed E-state index contributed by atoms with van der Waals surface area (Å²) >= 11 is 0. The summed E-state index contributed by atoms with van der Waals surface area (Å²) in [5.74, 6) is 0.0838.